The van der Waals surface area contributed by atoms with Crippen LogP contribution in [0.1, 0.15) is 27.4 Å². The number of likely N-dealkylation sites (tertiary alicyclic amines) is 1. The molecule has 1 aliphatic rings. The van der Waals surface area contributed by atoms with E-state index < -0.39 is 0 Å². The summed E-state index contributed by atoms with van der Waals surface area (Å²) in [6, 6.07) is 3.98. The fourth-order valence-corrected chi connectivity index (χ4v) is 3.23. The molecule has 1 saturated heterocycles. The van der Waals surface area contributed by atoms with Gasteiger partial charge in [-0.3, -0.25) is 4.79 Å². The first-order valence-electron chi connectivity index (χ1n) is 6.26. The third-order valence-corrected chi connectivity index (χ3v) is 4.47. The maximum atomic E-state index is 12.4. The first-order chi connectivity index (χ1) is 8.65. The lowest BCUT2D eigenvalue weighted by molar-refractivity contribution is 0.0141. The number of amides is 1. The molecule has 0 bridgehead atoms. The number of ether oxygens (including phenoxy) is 1. The van der Waals surface area contributed by atoms with Crippen LogP contribution in [0.4, 0.5) is 0 Å². The molecule has 1 aliphatic heterocycles. The van der Waals surface area contributed by atoms with Crippen LogP contribution >= 0.6 is 11.3 Å². The van der Waals surface area contributed by atoms with Crippen molar-refractivity contribution in [2.45, 2.75) is 31.9 Å². The van der Waals surface area contributed by atoms with Crippen LogP contribution in [0.15, 0.2) is 12.1 Å². The fourth-order valence-electron chi connectivity index (χ4n) is 2.41. The molecule has 2 atom stereocenters. The lowest BCUT2D eigenvalue weighted by atomic mass is 9.99. The van der Waals surface area contributed by atoms with Crippen LogP contribution in [0.25, 0.3) is 0 Å². The van der Waals surface area contributed by atoms with Gasteiger partial charge in [-0.25, -0.2) is 0 Å². The standard InChI is InChI=1S/C13H20N2O2S/c1-9-3-4-12(18-9)13(16)15-6-5-11(17-2)7-10(15)8-14/h3-4,10-11H,5-8,14H2,1-2H3/t10-,11-/m1/s1. The molecule has 0 spiro atoms. The van der Waals surface area contributed by atoms with E-state index in [1.165, 1.54) is 0 Å². The van der Waals surface area contributed by atoms with Gasteiger partial charge in [-0.1, -0.05) is 0 Å². The molecule has 2 N–H and O–H groups in total. The molecular weight excluding hydrogens is 248 g/mol. The van der Waals surface area contributed by atoms with E-state index in [1.54, 1.807) is 18.4 Å². The molecule has 2 heterocycles. The summed E-state index contributed by atoms with van der Waals surface area (Å²) in [5.41, 5.74) is 5.79. The van der Waals surface area contributed by atoms with E-state index in [-0.39, 0.29) is 18.1 Å². The summed E-state index contributed by atoms with van der Waals surface area (Å²) >= 11 is 1.55. The summed E-state index contributed by atoms with van der Waals surface area (Å²) in [6.45, 7) is 3.24. The molecule has 4 nitrogen and oxygen atoms in total. The summed E-state index contributed by atoms with van der Waals surface area (Å²) in [5, 5.41) is 0. The second-order valence-corrected chi connectivity index (χ2v) is 5.97. The smallest absolute Gasteiger partial charge is 0.264 e. The maximum Gasteiger partial charge on any atom is 0.264 e. The quantitative estimate of drug-likeness (QED) is 0.906. The van der Waals surface area contributed by atoms with E-state index in [2.05, 4.69) is 0 Å². The Morgan fingerprint density at radius 2 is 2.39 bits per heavy atom. The highest BCUT2D eigenvalue weighted by molar-refractivity contribution is 7.13. The second kappa shape index (κ2) is 5.82. The molecule has 1 aromatic rings. The molecule has 0 radical (unpaired) electrons. The number of aryl methyl sites for hydroxylation is 1. The van der Waals surface area contributed by atoms with E-state index in [1.807, 2.05) is 24.0 Å². The molecule has 5 heteroatoms. The van der Waals surface area contributed by atoms with E-state index in [0.29, 0.717) is 6.54 Å². The van der Waals surface area contributed by atoms with Gasteiger partial charge in [-0.15, -0.1) is 11.3 Å². The summed E-state index contributed by atoms with van der Waals surface area (Å²) in [4.78, 5) is 16.3. The van der Waals surface area contributed by atoms with Gasteiger partial charge in [-0.05, 0) is 31.9 Å². The molecular formula is C13H20N2O2S. The van der Waals surface area contributed by atoms with Crippen molar-refractivity contribution in [1.82, 2.24) is 4.90 Å². The Morgan fingerprint density at radius 1 is 1.61 bits per heavy atom. The van der Waals surface area contributed by atoms with Crippen LogP contribution in [-0.2, 0) is 4.74 Å². The Bertz CT molecular complexity index is 419. The second-order valence-electron chi connectivity index (χ2n) is 4.68. The number of hydrogen-bond acceptors (Lipinski definition) is 4. The number of hydrogen-bond donors (Lipinski definition) is 1. The summed E-state index contributed by atoms with van der Waals surface area (Å²) in [6.07, 6.45) is 1.96. The molecule has 18 heavy (non-hydrogen) atoms. The van der Waals surface area contributed by atoms with Crippen molar-refractivity contribution in [1.29, 1.82) is 0 Å². The average molecular weight is 268 g/mol. The molecule has 2 rings (SSSR count). The summed E-state index contributed by atoms with van der Waals surface area (Å²) in [7, 11) is 1.72. The van der Waals surface area contributed by atoms with Gasteiger partial charge in [0.1, 0.15) is 0 Å². The van der Waals surface area contributed by atoms with Crippen LogP contribution in [0.3, 0.4) is 0 Å². The lowest BCUT2D eigenvalue weighted by Crippen LogP contribution is -2.51. The van der Waals surface area contributed by atoms with Crippen LogP contribution in [-0.4, -0.2) is 43.2 Å². The van der Waals surface area contributed by atoms with Crippen LogP contribution < -0.4 is 5.73 Å². The van der Waals surface area contributed by atoms with Crippen molar-refractivity contribution in [2.75, 3.05) is 20.2 Å². The van der Waals surface area contributed by atoms with Gasteiger partial charge in [0, 0.05) is 31.1 Å². The molecule has 1 fully saturated rings. The minimum atomic E-state index is 0.0959. The molecule has 0 aliphatic carbocycles. The Hall–Kier alpha value is -0.910. The predicted octanol–water partition coefficient (Wildman–Crippen LogP) is 1.63. The number of nitrogens with two attached hydrogens (primary N) is 1. The molecule has 0 unspecified atom stereocenters. The van der Waals surface area contributed by atoms with Crippen LogP contribution in [0.5, 0.6) is 0 Å². The third-order valence-electron chi connectivity index (χ3n) is 3.49. The molecule has 100 valence electrons. The zero-order valence-electron chi connectivity index (χ0n) is 10.9. The largest absolute Gasteiger partial charge is 0.381 e. The van der Waals surface area contributed by atoms with Crippen LogP contribution in [0.2, 0.25) is 0 Å². The fraction of sp³-hybridized carbons (Fsp3) is 0.615. The van der Waals surface area contributed by atoms with Crippen molar-refractivity contribution < 1.29 is 9.53 Å². The van der Waals surface area contributed by atoms with Gasteiger partial charge in [0.25, 0.3) is 5.91 Å². The zero-order valence-corrected chi connectivity index (χ0v) is 11.7. The number of thiophene rings is 1. The van der Waals surface area contributed by atoms with Crippen LogP contribution in [0, 0.1) is 6.92 Å². The molecule has 1 amide bonds. The Morgan fingerprint density at radius 3 is 2.94 bits per heavy atom. The Kier molecular flexibility index (Phi) is 4.37. The Labute approximate surface area is 112 Å². The lowest BCUT2D eigenvalue weighted by Gasteiger charge is -2.38. The van der Waals surface area contributed by atoms with Gasteiger partial charge < -0.3 is 15.4 Å². The minimum Gasteiger partial charge on any atom is -0.381 e. The van der Waals surface area contributed by atoms with E-state index in [9.17, 15) is 4.79 Å². The first kappa shape index (κ1) is 13.5. The van der Waals surface area contributed by atoms with Crippen molar-refractivity contribution in [3.05, 3.63) is 21.9 Å². The Balaban J connectivity index is 2.10. The highest BCUT2D eigenvalue weighted by Crippen LogP contribution is 2.24. The number of methoxy groups -OCH3 is 1. The highest BCUT2D eigenvalue weighted by Gasteiger charge is 2.31. The van der Waals surface area contributed by atoms with Gasteiger partial charge in [-0.2, -0.15) is 0 Å². The normalized spacial score (nSPS) is 24.3. The first-order valence-corrected chi connectivity index (χ1v) is 7.07. The van der Waals surface area contributed by atoms with Gasteiger partial charge in [0.2, 0.25) is 0 Å². The van der Waals surface area contributed by atoms with Crippen molar-refractivity contribution >= 4 is 17.2 Å². The minimum absolute atomic E-state index is 0.0959. The van der Waals surface area contributed by atoms with E-state index >= 15 is 0 Å². The molecule has 1 aromatic heterocycles. The number of nitrogens with zero attached hydrogens (tertiary/aromatic N) is 1. The van der Waals surface area contributed by atoms with Gasteiger partial charge in [0.05, 0.1) is 11.0 Å². The monoisotopic (exact) mass is 268 g/mol. The molecule has 0 aromatic carbocycles. The highest BCUT2D eigenvalue weighted by atomic mass is 32.1. The zero-order chi connectivity index (χ0) is 13.1. The maximum absolute atomic E-state index is 12.4. The van der Waals surface area contributed by atoms with Gasteiger partial charge >= 0.3 is 0 Å². The summed E-state index contributed by atoms with van der Waals surface area (Å²) < 4.78 is 5.37. The van der Waals surface area contributed by atoms with Crippen molar-refractivity contribution in [2.24, 2.45) is 5.73 Å². The SMILES string of the molecule is CO[C@@H]1CCN(C(=O)c2ccc(C)s2)[C@@H](CN)C1. The van der Waals surface area contributed by atoms with Crippen molar-refractivity contribution in [3.63, 3.8) is 0 Å². The third kappa shape index (κ3) is 2.74. The summed E-state index contributed by atoms with van der Waals surface area (Å²) in [5.74, 6) is 0.109. The average Bonchev–Trinajstić information content (AvgIpc) is 2.83. The number of carbonyl (C=O) groups is 1. The van der Waals surface area contributed by atoms with E-state index in [0.717, 1.165) is 29.1 Å². The van der Waals surface area contributed by atoms with E-state index in [4.69, 9.17) is 10.5 Å². The number of rotatable bonds is 3. The topological polar surface area (TPSA) is 55.6 Å². The number of piperidine rings is 1. The van der Waals surface area contributed by atoms with Crippen molar-refractivity contribution in [3.8, 4) is 0 Å². The van der Waals surface area contributed by atoms with Gasteiger partial charge in [0.15, 0.2) is 0 Å². The predicted molar refractivity (Wildman–Crippen MR) is 73.0 cm³/mol. The molecule has 0 saturated carbocycles. The number of carbonyl (C=O) groups excluding carboxylic acids is 1.